The molecule has 0 unspecified atom stereocenters. The molecule has 9 heteroatoms. The Morgan fingerprint density at radius 3 is 2.24 bits per heavy atom. The lowest BCUT2D eigenvalue weighted by molar-refractivity contribution is -0.134. The summed E-state index contributed by atoms with van der Waals surface area (Å²) >= 11 is 0. The molecule has 3 rings (SSSR count). The number of nitrogens with zero attached hydrogens (tertiary/aromatic N) is 2. The number of rotatable bonds is 6. The van der Waals surface area contributed by atoms with Gasteiger partial charge in [0.2, 0.25) is 15.9 Å². The van der Waals surface area contributed by atoms with Gasteiger partial charge < -0.3 is 15.0 Å². The van der Waals surface area contributed by atoms with Crippen molar-refractivity contribution in [2.75, 3.05) is 38.1 Å². The van der Waals surface area contributed by atoms with Crippen molar-refractivity contribution in [3.63, 3.8) is 0 Å². The average molecular weight is 417 g/mol. The zero-order valence-corrected chi connectivity index (χ0v) is 16.9. The minimum Gasteiger partial charge on any atom is -0.482 e. The van der Waals surface area contributed by atoms with Crippen LogP contribution < -0.4 is 10.1 Å². The second kappa shape index (κ2) is 9.06. The van der Waals surface area contributed by atoms with Crippen LogP contribution in [0.2, 0.25) is 0 Å². The van der Waals surface area contributed by atoms with E-state index in [1.165, 1.54) is 11.2 Å². The highest BCUT2D eigenvalue weighted by atomic mass is 32.2. The molecule has 1 saturated heterocycles. The van der Waals surface area contributed by atoms with E-state index in [4.69, 9.17) is 4.74 Å². The molecule has 1 aliphatic rings. The molecular weight excluding hydrogens is 394 g/mol. The van der Waals surface area contributed by atoms with E-state index < -0.39 is 10.0 Å². The van der Waals surface area contributed by atoms with E-state index in [1.807, 2.05) is 0 Å². The molecule has 0 spiro atoms. The standard InChI is InChI=1S/C20H23N3O5S/c1-16(24)21-18-9-5-6-10-19(18)28-15-20(25)22-11-13-23(14-12-22)29(26,27)17-7-3-2-4-8-17/h2-10H,11-15H2,1H3,(H,21,24). The molecular formula is C20H23N3O5S. The predicted octanol–water partition coefficient (Wildman–Crippen LogP) is 1.56. The fraction of sp³-hybridized carbons (Fsp3) is 0.300. The number of benzene rings is 2. The van der Waals surface area contributed by atoms with E-state index in [0.717, 1.165) is 0 Å². The molecule has 0 radical (unpaired) electrons. The molecule has 0 aliphatic carbocycles. The summed E-state index contributed by atoms with van der Waals surface area (Å²) in [6.45, 7) is 2.24. The second-order valence-corrected chi connectivity index (χ2v) is 8.50. The van der Waals surface area contributed by atoms with Gasteiger partial charge in [0.15, 0.2) is 6.61 Å². The lowest BCUT2D eigenvalue weighted by atomic mass is 10.3. The number of ether oxygens (including phenoxy) is 1. The number of amides is 2. The summed E-state index contributed by atoms with van der Waals surface area (Å²) in [6.07, 6.45) is 0. The van der Waals surface area contributed by atoms with Crippen molar-refractivity contribution in [2.45, 2.75) is 11.8 Å². The monoisotopic (exact) mass is 417 g/mol. The molecule has 0 saturated carbocycles. The van der Waals surface area contributed by atoms with Gasteiger partial charge in [-0.1, -0.05) is 30.3 Å². The number of carbonyl (C=O) groups excluding carboxylic acids is 2. The zero-order chi connectivity index (χ0) is 20.9. The van der Waals surface area contributed by atoms with Gasteiger partial charge in [0.05, 0.1) is 10.6 Å². The summed E-state index contributed by atoms with van der Waals surface area (Å²) < 4.78 is 32.3. The summed E-state index contributed by atoms with van der Waals surface area (Å²) in [5.41, 5.74) is 0.492. The van der Waals surface area contributed by atoms with E-state index >= 15 is 0 Å². The third-order valence-electron chi connectivity index (χ3n) is 4.52. The summed E-state index contributed by atoms with van der Waals surface area (Å²) in [4.78, 5) is 25.6. The second-order valence-electron chi connectivity index (χ2n) is 6.56. The highest BCUT2D eigenvalue weighted by Gasteiger charge is 2.30. The third kappa shape index (κ3) is 5.12. The first-order valence-corrected chi connectivity index (χ1v) is 10.6. The number of carbonyl (C=O) groups is 2. The minimum absolute atomic E-state index is 0.192. The molecule has 0 atom stereocenters. The Bertz CT molecular complexity index is 971. The van der Waals surface area contributed by atoms with Crippen LogP contribution >= 0.6 is 0 Å². The third-order valence-corrected chi connectivity index (χ3v) is 6.43. The van der Waals surface area contributed by atoms with Gasteiger partial charge in [-0.3, -0.25) is 9.59 Å². The highest BCUT2D eigenvalue weighted by molar-refractivity contribution is 7.89. The average Bonchev–Trinajstić information content (AvgIpc) is 2.73. The van der Waals surface area contributed by atoms with Gasteiger partial charge in [0.25, 0.3) is 5.91 Å². The van der Waals surface area contributed by atoms with Crippen molar-refractivity contribution in [1.29, 1.82) is 0 Å². The summed E-state index contributed by atoms with van der Waals surface area (Å²) in [5, 5.41) is 2.65. The van der Waals surface area contributed by atoms with Crippen molar-refractivity contribution in [3.8, 4) is 5.75 Å². The van der Waals surface area contributed by atoms with Crippen LogP contribution in [0, 0.1) is 0 Å². The highest BCUT2D eigenvalue weighted by Crippen LogP contribution is 2.24. The molecule has 2 aromatic rings. The number of nitrogens with one attached hydrogen (secondary N) is 1. The number of anilines is 1. The maximum Gasteiger partial charge on any atom is 0.260 e. The molecule has 2 amide bonds. The minimum atomic E-state index is -3.56. The predicted molar refractivity (Wildman–Crippen MR) is 108 cm³/mol. The molecule has 154 valence electrons. The molecule has 1 N–H and O–H groups in total. The summed E-state index contributed by atoms with van der Waals surface area (Å²) in [6, 6.07) is 15.1. The lowest BCUT2D eigenvalue weighted by Crippen LogP contribution is -2.51. The molecule has 1 fully saturated rings. The van der Waals surface area contributed by atoms with E-state index in [2.05, 4.69) is 5.32 Å². The fourth-order valence-electron chi connectivity index (χ4n) is 3.04. The van der Waals surface area contributed by atoms with Crippen LogP contribution in [0.1, 0.15) is 6.92 Å². The first-order chi connectivity index (χ1) is 13.9. The van der Waals surface area contributed by atoms with Crippen LogP contribution in [0.4, 0.5) is 5.69 Å². The number of para-hydroxylation sites is 2. The molecule has 1 heterocycles. The number of sulfonamides is 1. The van der Waals surface area contributed by atoms with Crippen LogP contribution in [-0.2, 0) is 19.6 Å². The van der Waals surface area contributed by atoms with Crippen molar-refractivity contribution in [2.24, 2.45) is 0 Å². The van der Waals surface area contributed by atoms with Crippen LogP contribution in [0.25, 0.3) is 0 Å². The van der Waals surface area contributed by atoms with Crippen molar-refractivity contribution in [3.05, 3.63) is 54.6 Å². The van der Waals surface area contributed by atoms with Crippen molar-refractivity contribution >= 4 is 27.5 Å². The van der Waals surface area contributed by atoms with Gasteiger partial charge in [-0.05, 0) is 24.3 Å². The Morgan fingerprint density at radius 2 is 1.59 bits per heavy atom. The summed E-state index contributed by atoms with van der Waals surface area (Å²) in [7, 11) is -3.56. The number of hydrogen-bond donors (Lipinski definition) is 1. The van der Waals surface area contributed by atoms with Gasteiger partial charge in [-0.15, -0.1) is 0 Å². The van der Waals surface area contributed by atoms with Gasteiger partial charge in [0, 0.05) is 33.1 Å². The SMILES string of the molecule is CC(=O)Nc1ccccc1OCC(=O)N1CCN(S(=O)(=O)c2ccccc2)CC1. The van der Waals surface area contributed by atoms with E-state index in [0.29, 0.717) is 24.5 Å². The first kappa shape index (κ1) is 20.8. The molecule has 8 nitrogen and oxygen atoms in total. The quantitative estimate of drug-likeness (QED) is 0.770. The smallest absolute Gasteiger partial charge is 0.260 e. The van der Waals surface area contributed by atoms with Gasteiger partial charge in [0.1, 0.15) is 5.75 Å². The van der Waals surface area contributed by atoms with Gasteiger partial charge >= 0.3 is 0 Å². The maximum atomic E-state index is 12.7. The molecule has 2 aromatic carbocycles. The maximum absolute atomic E-state index is 12.7. The van der Waals surface area contributed by atoms with E-state index in [-0.39, 0.29) is 36.4 Å². The zero-order valence-electron chi connectivity index (χ0n) is 16.1. The lowest BCUT2D eigenvalue weighted by Gasteiger charge is -2.34. The van der Waals surface area contributed by atoms with E-state index in [1.54, 1.807) is 59.5 Å². The van der Waals surface area contributed by atoms with Crippen molar-refractivity contribution in [1.82, 2.24) is 9.21 Å². The Kier molecular flexibility index (Phi) is 6.50. The number of hydrogen-bond acceptors (Lipinski definition) is 5. The largest absolute Gasteiger partial charge is 0.482 e. The van der Waals surface area contributed by atoms with Crippen molar-refractivity contribution < 1.29 is 22.7 Å². The normalized spacial score (nSPS) is 15.0. The van der Waals surface area contributed by atoms with Crippen LogP contribution in [0.15, 0.2) is 59.5 Å². The Morgan fingerprint density at radius 1 is 0.966 bits per heavy atom. The molecule has 0 aromatic heterocycles. The summed E-state index contributed by atoms with van der Waals surface area (Å²) in [5.74, 6) is -0.0659. The van der Waals surface area contributed by atoms with E-state index in [9.17, 15) is 18.0 Å². The number of piperazine rings is 1. The molecule has 1 aliphatic heterocycles. The molecule has 29 heavy (non-hydrogen) atoms. The van der Waals surface area contributed by atoms with Crippen LogP contribution in [0.3, 0.4) is 0 Å². The Labute approximate surface area is 170 Å². The Hall–Kier alpha value is -2.91. The Balaban J connectivity index is 1.55. The van der Waals surface area contributed by atoms with Gasteiger partial charge in [-0.2, -0.15) is 4.31 Å². The topological polar surface area (TPSA) is 96.0 Å². The molecule has 0 bridgehead atoms. The fourth-order valence-corrected chi connectivity index (χ4v) is 4.48. The van der Waals surface area contributed by atoms with Gasteiger partial charge in [-0.25, -0.2) is 8.42 Å². The van der Waals surface area contributed by atoms with Crippen LogP contribution in [0.5, 0.6) is 5.75 Å². The first-order valence-electron chi connectivity index (χ1n) is 9.20. The van der Waals surface area contributed by atoms with Crippen LogP contribution in [-0.4, -0.2) is 62.2 Å².